The first kappa shape index (κ1) is 28.9. The lowest BCUT2D eigenvalue weighted by molar-refractivity contribution is -0.299. The van der Waals surface area contributed by atoms with Crippen LogP contribution in [0.2, 0.25) is 18.6 Å². The van der Waals surface area contributed by atoms with E-state index in [1.807, 2.05) is 54.6 Å². The topological polar surface area (TPSA) is 55.4 Å². The first-order valence-electron chi connectivity index (χ1n) is 13.5. The number of methoxy groups -OCH3 is 1. The minimum absolute atomic E-state index is 0.0161. The number of benzene rings is 2. The SMILES string of the molecule is C=C[C@H]1O[C@H](OC)[C@H](OCc2ccccc2)[C@@H](OCc2ccccc2)[C@@H]1O[Si](C)(C)[C@H]1CCCO[C@@H]1C=C. The highest BCUT2D eigenvalue weighted by Crippen LogP contribution is 2.40. The Hall–Kier alpha value is -2.10. The minimum Gasteiger partial charge on any atom is -0.408 e. The zero-order chi connectivity index (χ0) is 27.0. The summed E-state index contributed by atoms with van der Waals surface area (Å²) in [7, 11) is -0.700. The Bertz CT molecular complexity index is 1000. The lowest BCUT2D eigenvalue weighted by Gasteiger charge is -2.49. The molecule has 2 heterocycles. The van der Waals surface area contributed by atoms with E-state index in [0.717, 1.165) is 30.6 Å². The fraction of sp³-hybridized carbons (Fsp3) is 0.484. The van der Waals surface area contributed by atoms with Gasteiger partial charge in [0.05, 0.1) is 19.3 Å². The molecule has 0 spiro atoms. The molecule has 0 radical (unpaired) electrons. The van der Waals surface area contributed by atoms with Crippen molar-refractivity contribution >= 4 is 8.32 Å². The Kier molecular flexibility index (Phi) is 10.5. The molecule has 0 saturated carbocycles. The van der Waals surface area contributed by atoms with Crippen molar-refractivity contribution in [3.05, 3.63) is 97.1 Å². The van der Waals surface area contributed by atoms with E-state index in [1.54, 1.807) is 13.2 Å². The predicted octanol–water partition coefficient (Wildman–Crippen LogP) is 6.04. The molecule has 0 bridgehead atoms. The van der Waals surface area contributed by atoms with Crippen molar-refractivity contribution in [2.24, 2.45) is 0 Å². The molecule has 4 rings (SSSR count). The maximum absolute atomic E-state index is 7.08. The van der Waals surface area contributed by atoms with Gasteiger partial charge in [-0.15, -0.1) is 13.2 Å². The molecule has 2 aliphatic rings. The molecule has 2 fully saturated rings. The monoisotopic (exact) mass is 538 g/mol. The van der Waals surface area contributed by atoms with Gasteiger partial charge in [-0.1, -0.05) is 72.8 Å². The molecule has 7 atom stereocenters. The summed E-state index contributed by atoms with van der Waals surface area (Å²) in [4.78, 5) is 0. The van der Waals surface area contributed by atoms with Crippen LogP contribution in [0.15, 0.2) is 86.0 Å². The standard InChI is InChI=1S/C31H42O6Si/c1-6-25-27(19-14-20-33-25)38(4,5)37-28-26(7-2)36-31(32-3)30(35-22-24-17-12-9-13-18-24)29(28)34-21-23-15-10-8-11-16-23/h6-13,15-18,25-31H,1-2,14,19-22H2,3-5H3/t25-,26-,27+,28-,29+,30-,31+/m1/s1. The minimum atomic E-state index is -2.33. The van der Waals surface area contributed by atoms with Gasteiger partial charge in [-0.3, -0.25) is 0 Å². The third-order valence-corrected chi connectivity index (χ3v) is 10.8. The van der Waals surface area contributed by atoms with Gasteiger partial charge in [-0.05, 0) is 37.1 Å². The van der Waals surface area contributed by atoms with Crippen LogP contribution in [0.3, 0.4) is 0 Å². The van der Waals surface area contributed by atoms with Crippen molar-refractivity contribution in [2.75, 3.05) is 13.7 Å². The molecule has 206 valence electrons. The molecule has 38 heavy (non-hydrogen) atoms. The van der Waals surface area contributed by atoms with Crippen LogP contribution in [0.5, 0.6) is 0 Å². The molecule has 0 amide bonds. The van der Waals surface area contributed by atoms with E-state index in [9.17, 15) is 0 Å². The van der Waals surface area contributed by atoms with Crippen LogP contribution < -0.4 is 0 Å². The van der Waals surface area contributed by atoms with Crippen molar-refractivity contribution in [1.29, 1.82) is 0 Å². The van der Waals surface area contributed by atoms with Gasteiger partial charge in [0.2, 0.25) is 0 Å². The highest BCUT2D eigenvalue weighted by molar-refractivity contribution is 6.73. The Morgan fingerprint density at radius 2 is 1.42 bits per heavy atom. The Balaban J connectivity index is 1.62. The van der Waals surface area contributed by atoms with Gasteiger partial charge in [0, 0.05) is 19.3 Å². The summed E-state index contributed by atoms with van der Waals surface area (Å²) in [6.07, 6.45) is 3.33. The number of hydrogen-bond acceptors (Lipinski definition) is 6. The Morgan fingerprint density at radius 3 is 1.97 bits per heavy atom. The maximum atomic E-state index is 7.08. The van der Waals surface area contributed by atoms with Gasteiger partial charge in [0.15, 0.2) is 14.6 Å². The summed E-state index contributed by atoms with van der Waals surface area (Å²) >= 11 is 0. The molecule has 2 aromatic carbocycles. The summed E-state index contributed by atoms with van der Waals surface area (Å²) < 4.78 is 38.4. The second-order valence-corrected chi connectivity index (χ2v) is 14.7. The van der Waals surface area contributed by atoms with Crippen LogP contribution in [0, 0.1) is 0 Å². The quantitative estimate of drug-likeness (QED) is 0.243. The Morgan fingerprint density at radius 1 is 0.842 bits per heavy atom. The van der Waals surface area contributed by atoms with Crippen molar-refractivity contribution < 1.29 is 28.1 Å². The van der Waals surface area contributed by atoms with Crippen LogP contribution in [0.1, 0.15) is 24.0 Å². The average molecular weight is 539 g/mol. The van der Waals surface area contributed by atoms with Gasteiger partial charge in [-0.25, -0.2) is 0 Å². The third kappa shape index (κ3) is 7.10. The Labute approximate surface area is 228 Å². The zero-order valence-electron chi connectivity index (χ0n) is 22.9. The molecule has 2 aliphatic heterocycles. The van der Waals surface area contributed by atoms with Crippen LogP contribution >= 0.6 is 0 Å². The molecule has 0 unspecified atom stereocenters. The van der Waals surface area contributed by atoms with Crippen LogP contribution in [0.25, 0.3) is 0 Å². The van der Waals surface area contributed by atoms with E-state index in [2.05, 4.69) is 38.4 Å². The predicted molar refractivity (Wildman–Crippen MR) is 151 cm³/mol. The van der Waals surface area contributed by atoms with Gasteiger partial charge in [-0.2, -0.15) is 0 Å². The fourth-order valence-corrected chi connectivity index (χ4v) is 8.53. The summed E-state index contributed by atoms with van der Waals surface area (Å²) in [6, 6.07) is 20.2. The normalized spacial score (nSPS) is 30.0. The molecule has 0 aromatic heterocycles. The number of ether oxygens (including phenoxy) is 5. The lowest BCUT2D eigenvalue weighted by atomic mass is 9.98. The first-order valence-corrected chi connectivity index (χ1v) is 16.5. The molecule has 7 heteroatoms. The summed E-state index contributed by atoms with van der Waals surface area (Å²) in [5, 5.41) is 0. The summed E-state index contributed by atoms with van der Waals surface area (Å²) in [6.45, 7) is 14.2. The number of hydrogen-bond donors (Lipinski definition) is 0. The lowest BCUT2D eigenvalue weighted by Crippen LogP contribution is -2.63. The van der Waals surface area contributed by atoms with Gasteiger partial charge in [0.1, 0.15) is 24.4 Å². The van der Waals surface area contributed by atoms with E-state index in [4.69, 9.17) is 28.1 Å². The van der Waals surface area contributed by atoms with Crippen LogP contribution in [-0.4, -0.2) is 58.8 Å². The fourth-order valence-electron chi connectivity index (χ4n) is 5.47. The molecule has 2 saturated heterocycles. The molecule has 6 nitrogen and oxygen atoms in total. The van der Waals surface area contributed by atoms with E-state index in [0.29, 0.717) is 13.2 Å². The van der Waals surface area contributed by atoms with E-state index in [1.165, 1.54) is 0 Å². The third-order valence-electron chi connectivity index (χ3n) is 7.50. The second-order valence-electron chi connectivity index (χ2n) is 10.5. The molecule has 2 aromatic rings. The largest absolute Gasteiger partial charge is 0.408 e. The van der Waals surface area contributed by atoms with Crippen molar-refractivity contribution in [3.63, 3.8) is 0 Å². The molecular weight excluding hydrogens is 496 g/mol. The van der Waals surface area contributed by atoms with Crippen molar-refractivity contribution in [2.45, 2.75) is 81.5 Å². The van der Waals surface area contributed by atoms with Crippen molar-refractivity contribution in [1.82, 2.24) is 0 Å². The highest BCUT2D eigenvalue weighted by atomic mass is 28.4. The van der Waals surface area contributed by atoms with Gasteiger partial charge < -0.3 is 28.1 Å². The van der Waals surface area contributed by atoms with E-state index >= 15 is 0 Å². The zero-order valence-corrected chi connectivity index (χ0v) is 23.9. The summed E-state index contributed by atoms with van der Waals surface area (Å²) in [5.41, 5.74) is 2.42. The second kappa shape index (κ2) is 13.8. The van der Waals surface area contributed by atoms with E-state index in [-0.39, 0.29) is 11.6 Å². The number of rotatable bonds is 12. The molecular formula is C31H42O6Si. The average Bonchev–Trinajstić information content (AvgIpc) is 2.96. The van der Waals surface area contributed by atoms with E-state index < -0.39 is 39.0 Å². The molecule has 0 N–H and O–H groups in total. The summed E-state index contributed by atoms with van der Waals surface area (Å²) in [5.74, 6) is 0. The van der Waals surface area contributed by atoms with Crippen molar-refractivity contribution in [3.8, 4) is 0 Å². The van der Waals surface area contributed by atoms with Gasteiger partial charge >= 0.3 is 0 Å². The molecule has 0 aliphatic carbocycles. The smallest absolute Gasteiger partial charge is 0.193 e. The van der Waals surface area contributed by atoms with Gasteiger partial charge in [0.25, 0.3) is 0 Å². The highest BCUT2D eigenvalue weighted by Gasteiger charge is 2.51. The van der Waals surface area contributed by atoms with Crippen LogP contribution in [-0.2, 0) is 41.3 Å². The maximum Gasteiger partial charge on any atom is 0.193 e. The first-order chi connectivity index (χ1) is 18.5. The van der Waals surface area contributed by atoms with Crippen LogP contribution in [0.4, 0.5) is 0 Å².